The number of nitrogens with zero attached hydrogens (tertiary/aromatic N) is 2. The molecule has 4 heteroatoms. The van der Waals surface area contributed by atoms with E-state index < -0.39 is 0 Å². The molecule has 0 saturated carbocycles. The summed E-state index contributed by atoms with van der Waals surface area (Å²) in [7, 11) is 0. The first-order chi connectivity index (χ1) is 8.81. The normalized spacial score (nSPS) is 12.1. The lowest BCUT2D eigenvalue weighted by Gasteiger charge is -2.12. The van der Waals surface area contributed by atoms with Gasteiger partial charge in [0, 0.05) is 12.4 Å². The van der Waals surface area contributed by atoms with Gasteiger partial charge in [-0.1, -0.05) is 19.1 Å². The first-order valence-corrected chi connectivity index (χ1v) is 6.05. The van der Waals surface area contributed by atoms with Gasteiger partial charge in [0.05, 0.1) is 24.5 Å². The molecule has 1 unspecified atom stereocenters. The molecule has 0 fully saturated rings. The van der Waals surface area contributed by atoms with Gasteiger partial charge in [0.15, 0.2) is 0 Å². The fourth-order valence-electron chi connectivity index (χ4n) is 1.66. The van der Waals surface area contributed by atoms with Crippen LogP contribution < -0.4 is 10.5 Å². The summed E-state index contributed by atoms with van der Waals surface area (Å²) in [5.74, 6) is 0.841. The van der Waals surface area contributed by atoms with E-state index in [0.717, 1.165) is 23.4 Å². The maximum Gasteiger partial charge on any atom is 0.119 e. The first-order valence-electron chi connectivity index (χ1n) is 6.05. The Bertz CT molecular complexity index is 487. The van der Waals surface area contributed by atoms with E-state index in [1.54, 1.807) is 18.6 Å². The summed E-state index contributed by atoms with van der Waals surface area (Å²) in [5.41, 5.74) is 7.89. The zero-order chi connectivity index (χ0) is 12.8. The third kappa shape index (κ3) is 3.05. The number of hydrogen-bond donors (Lipinski definition) is 1. The molecule has 2 N–H and O–H groups in total. The van der Waals surface area contributed by atoms with Crippen LogP contribution in [0.5, 0.6) is 5.75 Å². The summed E-state index contributed by atoms with van der Waals surface area (Å²) in [6.07, 6.45) is 5.95. The summed E-state index contributed by atoms with van der Waals surface area (Å²) in [6.45, 7) is 2.79. The summed E-state index contributed by atoms with van der Waals surface area (Å²) in [5, 5.41) is 0. The molecule has 1 atom stereocenters. The van der Waals surface area contributed by atoms with Gasteiger partial charge < -0.3 is 10.5 Å². The Hall–Kier alpha value is -1.94. The minimum Gasteiger partial charge on any atom is -0.494 e. The third-order valence-electron chi connectivity index (χ3n) is 2.59. The molecule has 0 aliphatic heterocycles. The molecule has 1 aromatic heterocycles. The van der Waals surface area contributed by atoms with Crippen molar-refractivity contribution < 1.29 is 4.74 Å². The monoisotopic (exact) mass is 243 g/mol. The van der Waals surface area contributed by atoms with Gasteiger partial charge in [-0.2, -0.15) is 0 Å². The van der Waals surface area contributed by atoms with Crippen LogP contribution in [0.15, 0.2) is 42.9 Å². The van der Waals surface area contributed by atoms with Gasteiger partial charge >= 0.3 is 0 Å². The van der Waals surface area contributed by atoms with Crippen LogP contribution in [0.25, 0.3) is 0 Å². The highest BCUT2D eigenvalue weighted by Crippen LogP contribution is 2.21. The second kappa shape index (κ2) is 6.12. The fraction of sp³-hybridized carbons (Fsp3) is 0.286. The van der Waals surface area contributed by atoms with Crippen LogP contribution in [-0.2, 0) is 0 Å². The Kier molecular flexibility index (Phi) is 4.25. The number of benzene rings is 1. The minimum atomic E-state index is -0.274. The van der Waals surface area contributed by atoms with Crippen molar-refractivity contribution in [3.8, 4) is 5.75 Å². The summed E-state index contributed by atoms with van der Waals surface area (Å²) >= 11 is 0. The number of hydrogen-bond acceptors (Lipinski definition) is 4. The number of aromatic nitrogens is 2. The molecule has 0 aliphatic carbocycles. The van der Waals surface area contributed by atoms with Crippen molar-refractivity contribution in [1.29, 1.82) is 0 Å². The van der Waals surface area contributed by atoms with Crippen LogP contribution in [0.2, 0.25) is 0 Å². The Morgan fingerprint density at radius 3 is 2.94 bits per heavy atom. The quantitative estimate of drug-likeness (QED) is 0.875. The van der Waals surface area contributed by atoms with Crippen LogP contribution in [0.1, 0.15) is 30.6 Å². The predicted octanol–water partition coefficient (Wildman–Crippen LogP) is 2.31. The van der Waals surface area contributed by atoms with Crippen molar-refractivity contribution in [3.05, 3.63) is 54.1 Å². The van der Waals surface area contributed by atoms with Crippen LogP contribution in [-0.4, -0.2) is 16.6 Å². The predicted molar refractivity (Wildman–Crippen MR) is 70.3 cm³/mol. The molecular formula is C14H17N3O. The van der Waals surface area contributed by atoms with E-state index in [1.807, 2.05) is 24.3 Å². The molecule has 0 saturated heterocycles. The topological polar surface area (TPSA) is 61.0 Å². The smallest absolute Gasteiger partial charge is 0.119 e. The van der Waals surface area contributed by atoms with Gasteiger partial charge in [-0.3, -0.25) is 9.97 Å². The lowest BCUT2D eigenvalue weighted by atomic mass is 10.0. The summed E-state index contributed by atoms with van der Waals surface area (Å²) in [6, 6.07) is 7.52. The highest BCUT2D eigenvalue weighted by atomic mass is 16.5. The first kappa shape index (κ1) is 12.5. The molecule has 0 aliphatic rings. The van der Waals surface area contributed by atoms with Crippen molar-refractivity contribution in [2.75, 3.05) is 6.61 Å². The Balaban J connectivity index is 2.17. The molecular weight excluding hydrogens is 226 g/mol. The summed E-state index contributed by atoms with van der Waals surface area (Å²) < 4.78 is 5.59. The fourth-order valence-corrected chi connectivity index (χ4v) is 1.66. The van der Waals surface area contributed by atoms with Gasteiger partial charge in [-0.15, -0.1) is 0 Å². The minimum absolute atomic E-state index is 0.274. The molecule has 2 rings (SSSR count). The molecule has 1 aromatic carbocycles. The van der Waals surface area contributed by atoms with Gasteiger partial charge in [0.1, 0.15) is 5.75 Å². The zero-order valence-electron chi connectivity index (χ0n) is 10.4. The van der Waals surface area contributed by atoms with Gasteiger partial charge in [0.25, 0.3) is 0 Å². The molecule has 0 radical (unpaired) electrons. The largest absolute Gasteiger partial charge is 0.494 e. The SMILES string of the molecule is CCCOc1cccc(C(N)c2cnccn2)c1. The molecule has 0 amide bonds. The van der Waals surface area contributed by atoms with Gasteiger partial charge in [0.2, 0.25) is 0 Å². The van der Waals surface area contributed by atoms with Crippen molar-refractivity contribution >= 4 is 0 Å². The average molecular weight is 243 g/mol. The molecule has 18 heavy (non-hydrogen) atoms. The lowest BCUT2D eigenvalue weighted by Crippen LogP contribution is -2.13. The van der Waals surface area contributed by atoms with E-state index >= 15 is 0 Å². The molecule has 0 bridgehead atoms. The van der Waals surface area contributed by atoms with E-state index in [-0.39, 0.29) is 6.04 Å². The molecule has 4 nitrogen and oxygen atoms in total. The van der Waals surface area contributed by atoms with E-state index in [0.29, 0.717) is 6.61 Å². The number of ether oxygens (including phenoxy) is 1. The van der Waals surface area contributed by atoms with Crippen LogP contribution in [0, 0.1) is 0 Å². The average Bonchev–Trinajstić information content (AvgIpc) is 2.45. The van der Waals surface area contributed by atoms with E-state index in [2.05, 4.69) is 16.9 Å². The number of rotatable bonds is 5. The van der Waals surface area contributed by atoms with Crippen molar-refractivity contribution in [2.45, 2.75) is 19.4 Å². The van der Waals surface area contributed by atoms with Crippen LogP contribution in [0.3, 0.4) is 0 Å². The number of nitrogens with two attached hydrogens (primary N) is 1. The maximum atomic E-state index is 6.16. The second-order valence-electron chi connectivity index (χ2n) is 4.03. The highest BCUT2D eigenvalue weighted by Gasteiger charge is 2.10. The van der Waals surface area contributed by atoms with Crippen LogP contribution in [0.4, 0.5) is 0 Å². The van der Waals surface area contributed by atoms with Crippen molar-refractivity contribution in [2.24, 2.45) is 5.73 Å². The van der Waals surface area contributed by atoms with E-state index in [1.165, 1.54) is 0 Å². The Morgan fingerprint density at radius 2 is 2.22 bits per heavy atom. The Labute approximate surface area is 107 Å². The van der Waals surface area contributed by atoms with Gasteiger partial charge in [-0.05, 0) is 24.1 Å². The maximum absolute atomic E-state index is 6.16. The van der Waals surface area contributed by atoms with E-state index in [9.17, 15) is 0 Å². The van der Waals surface area contributed by atoms with Crippen molar-refractivity contribution in [3.63, 3.8) is 0 Å². The molecule has 94 valence electrons. The second-order valence-corrected chi connectivity index (χ2v) is 4.03. The zero-order valence-corrected chi connectivity index (χ0v) is 10.4. The lowest BCUT2D eigenvalue weighted by molar-refractivity contribution is 0.317. The molecule has 2 aromatic rings. The standard InChI is InChI=1S/C14H17N3O/c1-2-8-18-12-5-3-4-11(9-12)14(15)13-10-16-6-7-17-13/h3-7,9-10,14H,2,8,15H2,1H3. The highest BCUT2D eigenvalue weighted by molar-refractivity contribution is 5.33. The van der Waals surface area contributed by atoms with Crippen molar-refractivity contribution in [1.82, 2.24) is 9.97 Å². The summed E-state index contributed by atoms with van der Waals surface area (Å²) in [4.78, 5) is 8.25. The third-order valence-corrected chi connectivity index (χ3v) is 2.59. The van der Waals surface area contributed by atoms with Gasteiger partial charge in [-0.25, -0.2) is 0 Å². The Morgan fingerprint density at radius 1 is 1.33 bits per heavy atom. The van der Waals surface area contributed by atoms with E-state index in [4.69, 9.17) is 10.5 Å². The van der Waals surface area contributed by atoms with Crippen LogP contribution >= 0.6 is 0 Å². The molecule has 0 spiro atoms. The molecule has 1 heterocycles.